The number of hydrogen-bond acceptors (Lipinski definition) is 2. The van der Waals surface area contributed by atoms with Gasteiger partial charge in [-0.05, 0) is 14.1 Å². The van der Waals surface area contributed by atoms with Crippen LogP contribution in [0.3, 0.4) is 0 Å². The SMILES string of the molecule is CN(C)CC1CN(C(=N)N)C1. The lowest BCUT2D eigenvalue weighted by molar-refractivity contribution is 0.147. The van der Waals surface area contributed by atoms with Crippen LogP contribution >= 0.6 is 0 Å². The van der Waals surface area contributed by atoms with Gasteiger partial charge in [-0.25, -0.2) is 0 Å². The second-order valence-electron chi connectivity index (χ2n) is 3.42. The number of nitrogens with one attached hydrogen (secondary N) is 1. The largest absolute Gasteiger partial charge is 0.370 e. The first-order valence-electron chi connectivity index (χ1n) is 3.83. The smallest absolute Gasteiger partial charge is 0.188 e. The molecule has 1 saturated heterocycles. The van der Waals surface area contributed by atoms with E-state index in [4.69, 9.17) is 11.1 Å². The van der Waals surface area contributed by atoms with E-state index in [1.165, 1.54) is 0 Å². The third-order valence-electron chi connectivity index (χ3n) is 1.92. The highest BCUT2D eigenvalue weighted by Crippen LogP contribution is 2.14. The van der Waals surface area contributed by atoms with Crippen molar-refractivity contribution in [3.63, 3.8) is 0 Å². The topological polar surface area (TPSA) is 56.4 Å². The normalized spacial score (nSPS) is 18.6. The Morgan fingerprint density at radius 2 is 2.18 bits per heavy atom. The zero-order chi connectivity index (χ0) is 8.43. The summed E-state index contributed by atoms with van der Waals surface area (Å²) in [5.41, 5.74) is 5.29. The van der Waals surface area contributed by atoms with Gasteiger partial charge >= 0.3 is 0 Å². The minimum atomic E-state index is 0.208. The molecule has 1 heterocycles. The highest BCUT2D eigenvalue weighted by atomic mass is 15.3. The molecule has 1 fully saturated rings. The number of likely N-dealkylation sites (tertiary alicyclic amines) is 1. The molecule has 0 aliphatic carbocycles. The first-order chi connectivity index (χ1) is 5.09. The van der Waals surface area contributed by atoms with Crippen molar-refractivity contribution in [3.05, 3.63) is 0 Å². The van der Waals surface area contributed by atoms with Crippen LogP contribution in [0.1, 0.15) is 0 Å². The van der Waals surface area contributed by atoms with Crippen molar-refractivity contribution in [2.75, 3.05) is 33.7 Å². The van der Waals surface area contributed by atoms with Gasteiger partial charge in [-0.15, -0.1) is 0 Å². The second-order valence-corrected chi connectivity index (χ2v) is 3.42. The lowest BCUT2D eigenvalue weighted by Gasteiger charge is -2.40. The fourth-order valence-corrected chi connectivity index (χ4v) is 1.40. The number of hydrogen-bond donors (Lipinski definition) is 2. The summed E-state index contributed by atoms with van der Waals surface area (Å²) in [5.74, 6) is 0.911. The summed E-state index contributed by atoms with van der Waals surface area (Å²) in [7, 11) is 4.13. The molecule has 0 aromatic heterocycles. The lowest BCUT2D eigenvalue weighted by Crippen LogP contribution is -2.55. The van der Waals surface area contributed by atoms with Crippen molar-refractivity contribution in [1.29, 1.82) is 5.41 Å². The van der Waals surface area contributed by atoms with Crippen molar-refractivity contribution in [3.8, 4) is 0 Å². The van der Waals surface area contributed by atoms with E-state index in [9.17, 15) is 0 Å². The molecule has 1 aliphatic rings. The van der Waals surface area contributed by atoms with Gasteiger partial charge in [-0.1, -0.05) is 0 Å². The van der Waals surface area contributed by atoms with E-state index in [1.807, 2.05) is 4.90 Å². The Bertz CT molecular complexity index is 149. The van der Waals surface area contributed by atoms with Crippen LogP contribution in [0.5, 0.6) is 0 Å². The molecule has 4 nitrogen and oxygen atoms in total. The zero-order valence-electron chi connectivity index (χ0n) is 7.17. The van der Waals surface area contributed by atoms with E-state index in [0.29, 0.717) is 5.92 Å². The molecule has 1 aliphatic heterocycles. The molecule has 11 heavy (non-hydrogen) atoms. The summed E-state index contributed by atoms with van der Waals surface area (Å²) in [6.45, 7) is 3.00. The molecule has 3 N–H and O–H groups in total. The Kier molecular flexibility index (Phi) is 2.34. The first kappa shape index (κ1) is 8.33. The standard InChI is InChI=1S/C7H16N4/c1-10(2)3-6-4-11(5-6)7(8)9/h6H,3-5H2,1-2H3,(H3,8,9). The molecule has 0 bridgehead atoms. The summed E-state index contributed by atoms with van der Waals surface area (Å²) in [4.78, 5) is 4.05. The maximum Gasteiger partial charge on any atom is 0.188 e. The Morgan fingerprint density at radius 1 is 1.64 bits per heavy atom. The van der Waals surface area contributed by atoms with Crippen molar-refractivity contribution >= 4 is 5.96 Å². The predicted octanol–water partition coefficient (Wildman–Crippen LogP) is -0.627. The van der Waals surface area contributed by atoms with Crippen LogP contribution in [0.15, 0.2) is 0 Å². The summed E-state index contributed by atoms with van der Waals surface area (Å²) in [5, 5.41) is 7.11. The Labute approximate surface area is 67.5 Å². The van der Waals surface area contributed by atoms with Gasteiger partial charge in [0.1, 0.15) is 0 Å². The van der Waals surface area contributed by atoms with Crippen LogP contribution in [0.4, 0.5) is 0 Å². The molecular weight excluding hydrogens is 140 g/mol. The molecule has 0 atom stereocenters. The van der Waals surface area contributed by atoms with E-state index in [0.717, 1.165) is 19.6 Å². The maximum atomic E-state index is 7.11. The van der Waals surface area contributed by atoms with Crippen LogP contribution in [-0.4, -0.2) is 49.5 Å². The third-order valence-corrected chi connectivity index (χ3v) is 1.92. The van der Waals surface area contributed by atoms with Crippen LogP contribution in [0, 0.1) is 11.3 Å². The van der Waals surface area contributed by atoms with Gasteiger partial charge in [-0.2, -0.15) is 0 Å². The van der Waals surface area contributed by atoms with Gasteiger partial charge in [0, 0.05) is 25.6 Å². The molecule has 1 rings (SSSR count). The Hall–Kier alpha value is -0.770. The monoisotopic (exact) mass is 156 g/mol. The van der Waals surface area contributed by atoms with E-state index >= 15 is 0 Å². The molecule has 0 amide bonds. The molecule has 0 spiro atoms. The molecular formula is C7H16N4. The van der Waals surface area contributed by atoms with Gasteiger partial charge in [0.2, 0.25) is 0 Å². The molecule has 0 saturated carbocycles. The number of guanidine groups is 1. The fraction of sp³-hybridized carbons (Fsp3) is 0.857. The van der Waals surface area contributed by atoms with Crippen LogP contribution in [-0.2, 0) is 0 Å². The molecule has 0 aromatic rings. The van der Waals surface area contributed by atoms with Crippen LogP contribution < -0.4 is 5.73 Å². The van der Waals surface area contributed by atoms with Gasteiger partial charge in [0.05, 0.1) is 0 Å². The molecule has 64 valence electrons. The Balaban J connectivity index is 2.14. The summed E-state index contributed by atoms with van der Waals surface area (Å²) >= 11 is 0. The van der Waals surface area contributed by atoms with Crippen molar-refractivity contribution in [1.82, 2.24) is 9.80 Å². The quantitative estimate of drug-likeness (QED) is 0.413. The lowest BCUT2D eigenvalue weighted by atomic mass is 10.0. The van der Waals surface area contributed by atoms with Gasteiger partial charge < -0.3 is 15.5 Å². The fourth-order valence-electron chi connectivity index (χ4n) is 1.40. The summed E-state index contributed by atoms with van der Waals surface area (Å²) in [6.07, 6.45) is 0. The molecule has 0 radical (unpaired) electrons. The average molecular weight is 156 g/mol. The van der Waals surface area contributed by atoms with E-state index in [1.54, 1.807) is 0 Å². The van der Waals surface area contributed by atoms with E-state index in [2.05, 4.69) is 19.0 Å². The average Bonchev–Trinajstić information content (AvgIpc) is 1.75. The zero-order valence-corrected chi connectivity index (χ0v) is 7.17. The van der Waals surface area contributed by atoms with Gasteiger partial charge in [-0.3, -0.25) is 5.41 Å². The maximum absolute atomic E-state index is 7.11. The minimum absolute atomic E-state index is 0.208. The van der Waals surface area contributed by atoms with E-state index < -0.39 is 0 Å². The third kappa shape index (κ3) is 2.08. The first-order valence-corrected chi connectivity index (χ1v) is 3.83. The minimum Gasteiger partial charge on any atom is -0.370 e. The van der Waals surface area contributed by atoms with E-state index in [-0.39, 0.29) is 5.96 Å². The number of rotatable bonds is 2. The number of nitrogens with zero attached hydrogens (tertiary/aromatic N) is 2. The Morgan fingerprint density at radius 3 is 2.55 bits per heavy atom. The van der Waals surface area contributed by atoms with Gasteiger partial charge in [0.25, 0.3) is 0 Å². The molecule has 0 aromatic carbocycles. The highest BCUT2D eigenvalue weighted by molar-refractivity contribution is 5.75. The molecule has 0 unspecified atom stereocenters. The van der Waals surface area contributed by atoms with Crippen molar-refractivity contribution in [2.45, 2.75) is 0 Å². The van der Waals surface area contributed by atoms with Crippen LogP contribution in [0.2, 0.25) is 0 Å². The van der Waals surface area contributed by atoms with Crippen molar-refractivity contribution in [2.24, 2.45) is 11.7 Å². The summed E-state index contributed by atoms with van der Waals surface area (Å²) in [6, 6.07) is 0. The summed E-state index contributed by atoms with van der Waals surface area (Å²) < 4.78 is 0. The molecule has 4 heteroatoms. The van der Waals surface area contributed by atoms with Crippen LogP contribution in [0.25, 0.3) is 0 Å². The predicted molar refractivity (Wildman–Crippen MR) is 45.5 cm³/mol. The van der Waals surface area contributed by atoms with Gasteiger partial charge in [0.15, 0.2) is 5.96 Å². The highest BCUT2D eigenvalue weighted by Gasteiger charge is 2.27. The number of nitrogens with two attached hydrogens (primary N) is 1. The van der Waals surface area contributed by atoms with Crippen molar-refractivity contribution < 1.29 is 0 Å². The second kappa shape index (κ2) is 3.09.